The summed E-state index contributed by atoms with van der Waals surface area (Å²) in [5.41, 5.74) is 3.42. The zero-order chi connectivity index (χ0) is 8.89. The summed E-state index contributed by atoms with van der Waals surface area (Å²) in [5, 5.41) is 9.92. The highest BCUT2D eigenvalue weighted by molar-refractivity contribution is 5.33. The Labute approximate surface area is 78.0 Å². The van der Waals surface area contributed by atoms with E-state index in [1.165, 1.54) is 36.9 Å². The molecule has 1 aromatic heterocycles. The van der Waals surface area contributed by atoms with Gasteiger partial charge in [-0.2, -0.15) is 0 Å². The van der Waals surface area contributed by atoms with E-state index < -0.39 is 5.60 Å². The number of hydrogen-bond acceptors (Lipinski definition) is 1. The van der Waals surface area contributed by atoms with Crippen LogP contribution in [0.5, 0.6) is 0 Å². The average molecular weight is 177 g/mol. The summed E-state index contributed by atoms with van der Waals surface area (Å²) in [5.74, 6) is 0. The maximum atomic E-state index is 9.92. The van der Waals surface area contributed by atoms with E-state index >= 15 is 0 Å². The van der Waals surface area contributed by atoms with Crippen molar-refractivity contribution in [2.75, 3.05) is 0 Å². The fraction of sp³-hybridized carbons (Fsp3) is 0.636. The molecule has 3 rings (SSSR count). The van der Waals surface area contributed by atoms with Crippen molar-refractivity contribution in [2.45, 2.75) is 44.1 Å². The summed E-state index contributed by atoms with van der Waals surface area (Å²) in [6, 6.07) is 2.18. The molecule has 0 unspecified atom stereocenters. The molecule has 0 radical (unpaired) electrons. The van der Waals surface area contributed by atoms with Crippen molar-refractivity contribution >= 4 is 0 Å². The monoisotopic (exact) mass is 177 g/mol. The third-order valence-corrected chi connectivity index (χ3v) is 3.34. The lowest BCUT2D eigenvalue weighted by Gasteiger charge is -2.09. The van der Waals surface area contributed by atoms with Crippen molar-refractivity contribution in [3.8, 4) is 0 Å². The molecular weight excluding hydrogens is 162 g/mol. The molecule has 0 atom stereocenters. The van der Waals surface area contributed by atoms with Crippen molar-refractivity contribution in [1.82, 2.24) is 4.98 Å². The number of aromatic amines is 1. The van der Waals surface area contributed by atoms with Crippen LogP contribution in [0.1, 0.15) is 42.6 Å². The van der Waals surface area contributed by atoms with Crippen molar-refractivity contribution in [3.05, 3.63) is 23.0 Å². The quantitative estimate of drug-likeness (QED) is 0.675. The molecule has 2 N–H and O–H groups in total. The van der Waals surface area contributed by atoms with Gasteiger partial charge in [-0.3, -0.25) is 0 Å². The Kier molecular flexibility index (Phi) is 1.40. The summed E-state index contributed by atoms with van der Waals surface area (Å²) in [7, 11) is 0. The number of aromatic nitrogens is 1. The van der Waals surface area contributed by atoms with E-state index in [1.807, 2.05) is 0 Å². The van der Waals surface area contributed by atoms with Crippen LogP contribution in [0.25, 0.3) is 0 Å². The fourth-order valence-corrected chi connectivity index (χ4v) is 2.24. The van der Waals surface area contributed by atoms with Crippen LogP contribution in [0.3, 0.4) is 0 Å². The lowest BCUT2D eigenvalue weighted by Crippen LogP contribution is -2.04. The molecule has 2 nitrogen and oxygen atoms in total. The van der Waals surface area contributed by atoms with E-state index in [0.717, 1.165) is 18.5 Å². The Morgan fingerprint density at radius 3 is 2.69 bits per heavy atom. The summed E-state index contributed by atoms with van der Waals surface area (Å²) in [6.45, 7) is 0. The molecule has 1 saturated carbocycles. The highest BCUT2D eigenvalue weighted by atomic mass is 16.3. The smallest absolute Gasteiger partial charge is 0.105 e. The van der Waals surface area contributed by atoms with Gasteiger partial charge in [0.15, 0.2) is 0 Å². The Morgan fingerprint density at radius 1 is 1.23 bits per heavy atom. The first-order chi connectivity index (χ1) is 6.28. The van der Waals surface area contributed by atoms with Crippen LogP contribution in [-0.2, 0) is 18.4 Å². The number of aryl methyl sites for hydroxylation is 2. The van der Waals surface area contributed by atoms with Gasteiger partial charge in [0.25, 0.3) is 0 Å². The number of rotatable bonds is 1. The highest BCUT2D eigenvalue weighted by Gasteiger charge is 2.43. The van der Waals surface area contributed by atoms with E-state index in [4.69, 9.17) is 0 Å². The van der Waals surface area contributed by atoms with Gasteiger partial charge in [0.2, 0.25) is 0 Å². The number of H-pyrrole nitrogens is 1. The second-order valence-corrected chi connectivity index (χ2v) is 4.43. The molecule has 0 spiro atoms. The lowest BCUT2D eigenvalue weighted by atomic mass is 9.98. The first-order valence-electron chi connectivity index (χ1n) is 5.22. The number of nitrogens with one attached hydrogen (secondary N) is 1. The second-order valence-electron chi connectivity index (χ2n) is 4.43. The Bertz CT molecular complexity index is 312. The third-order valence-electron chi connectivity index (χ3n) is 3.34. The Morgan fingerprint density at radius 2 is 2.00 bits per heavy atom. The summed E-state index contributed by atoms with van der Waals surface area (Å²) >= 11 is 0. The minimum atomic E-state index is -0.475. The molecule has 0 amide bonds. The normalized spacial score (nSPS) is 24.1. The van der Waals surface area contributed by atoms with Crippen LogP contribution in [-0.4, -0.2) is 10.1 Å². The van der Waals surface area contributed by atoms with Gasteiger partial charge in [-0.25, -0.2) is 0 Å². The van der Waals surface area contributed by atoms with Crippen molar-refractivity contribution in [3.63, 3.8) is 0 Å². The van der Waals surface area contributed by atoms with Gasteiger partial charge in [0, 0.05) is 11.4 Å². The minimum Gasteiger partial charge on any atom is -0.384 e. The first kappa shape index (κ1) is 7.63. The predicted octanol–water partition coefficient (Wildman–Crippen LogP) is 1.87. The standard InChI is InChI=1S/C11H15NO/c13-11(5-6-11)10-7-8-3-1-2-4-9(8)12-10/h7,12-13H,1-6H2. The molecule has 2 heteroatoms. The molecule has 1 aromatic rings. The number of aliphatic hydroxyl groups is 1. The molecule has 70 valence electrons. The molecule has 0 aliphatic heterocycles. The van der Waals surface area contributed by atoms with Crippen molar-refractivity contribution in [1.29, 1.82) is 0 Å². The maximum Gasteiger partial charge on any atom is 0.105 e. The highest BCUT2D eigenvalue weighted by Crippen LogP contribution is 2.45. The summed E-state index contributed by atoms with van der Waals surface area (Å²) in [6.07, 6.45) is 6.85. The SMILES string of the molecule is OC1(c2cc3c([nH]2)CCCC3)CC1. The van der Waals surface area contributed by atoms with E-state index in [0.29, 0.717) is 0 Å². The zero-order valence-corrected chi connectivity index (χ0v) is 7.77. The van der Waals surface area contributed by atoms with E-state index in [2.05, 4.69) is 11.1 Å². The Balaban J connectivity index is 2.00. The molecule has 0 saturated heterocycles. The average Bonchev–Trinajstić information content (AvgIpc) is 2.76. The number of fused-ring (bicyclic) bond motifs is 1. The van der Waals surface area contributed by atoms with Crippen LogP contribution < -0.4 is 0 Å². The predicted molar refractivity (Wildman–Crippen MR) is 50.6 cm³/mol. The van der Waals surface area contributed by atoms with Crippen LogP contribution in [0, 0.1) is 0 Å². The molecule has 2 aliphatic carbocycles. The molecule has 13 heavy (non-hydrogen) atoms. The van der Waals surface area contributed by atoms with Gasteiger partial charge in [-0.1, -0.05) is 0 Å². The Hall–Kier alpha value is -0.760. The van der Waals surface area contributed by atoms with Crippen LogP contribution >= 0.6 is 0 Å². The van der Waals surface area contributed by atoms with Crippen LogP contribution in [0.2, 0.25) is 0 Å². The topological polar surface area (TPSA) is 36.0 Å². The van der Waals surface area contributed by atoms with Gasteiger partial charge in [0.05, 0.1) is 0 Å². The minimum absolute atomic E-state index is 0.475. The van der Waals surface area contributed by atoms with E-state index in [9.17, 15) is 5.11 Å². The van der Waals surface area contributed by atoms with E-state index in [-0.39, 0.29) is 0 Å². The third kappa shape index (κ3) is 1.12. The lowest BCUT2D eigenvalue weighted by molar-refractivity contribution is 0.147. The molecule has 2 aliphatic rings. The fourth-order valence-electron chi connectivity index (χ4n) is 2.24. The molecule has 0 bridgehead atoms. The van der Waals surface area contributed by atoms with Gasteiger partial charge < -0.3 is 10.1 Å². The number of hydrogen-bond donors (Lipinski definition) is 2. The second kappa shape index (κ2) is 2.38. The zero-order valence-electron chi connectivity index (χ0n) is 7.77. The molecule has 0 aromatic carbocycles. The summed E-state index contributed by atoms with van der Waals surface area (Å²) < 4.78 is 0. The van der Waals surface area contributed by atoms with E-state index in [1.54, 1.807) is 0 Å². The largest absolute Gasteiger partial charge is 0.384 e. The molecule has 1 heterocycles. The van der Waals surface area contributed by atoms with Crippen LogP contribution in [0.4, 0.5) is 0 Å². The van der Waals surface area contributed by atoms with Gasteiger partial charge in [0.1, 0.15) is 5.60 Å². The van der Waals surface area contributed by atoms with Crippen molar-refractivity contribution in [2.24, 2.45) is 0 Å². The van der Waals surface area contributed by atoms with Crippen LogP contribution in [0.15, 0.2) is 6.07 Å². The summed E-state index contributed by atoms with van der Waals surface area (Å²) in [4.78, 5) is 3.39. The van der Waals surface area contributed by atoms with Gasteiger partial charge >= 0.3 is 0 Å². The molecule has 1 fully saturated rings. The first-order valence-corrected chi connectivity index (χ1v) is 5.22. The van der Waals surface area contributed by atoms with Gasteiger partial charge in [-0.05, 0) is 50.2 Å². The van der Waals surface area contributed by atoms with Crippen molar-refractivity contribution < 1.29 is 5.11 Å². The molecular formula is C11H15NO. The van der Waals surface area contributed by atoms with Gasteiger partial charge in [-0.15, -0.1) is 0 Å². The maximum absolute atomic E-state index is 9.92.